The highest BCUT2D eigenvalue weighted by Crippen LogP contribution is 2.14. The second-order valence-corrected chi connectivity index (χ2v) is 5.30. The van der Waals surface area contributed by atoms with Gasteiger partial charge in [-0.1, -0.05) is 60.2 Å². The fourth-order valence-corrected chi connectivity index (χ4v) is 2.41. The van der Waals surface area contributed by atoms with Crippen molar-refractivity contribution in [1.82, 2.24) is 5.43 Å². The number of aliphatic imine (C=N–C) groups is 1. The molecule has 3 heteroatoms. The number of rotatable bonds is 3. The lowest BCUT2D eigenvalue weighted by Gasteiger charge is -2.15. The van der Waals surface area contributed by atoms with Crippen molar-refractivity contribution in [2.75, 3.05) is 6.54 Å². The first kappa shape index (κ1) is 14.3. The Balaban J connectivity index is 1.61. The molecule has 0 spiro atoms. The summed E-state index contributed by atoms with van der Waals surface area (Å²) in [5, 5.41) is 4.23. The van der Waals surface area contributed by atoms with E-state index in [1.807, 2.05) is 18.2 Å². The molecule has 1 N–H and O–H groups in total. The van der Waals surface area contributed by atoms with Crippen molar-refractivity contribution in [1.29, 1.82) is 0 Å². The van der Waals surface area contributed by atoms with Gasteiger partial charge in [-0.15, -0.1) is 0 Å². The molecule has 1 aliphatic heterocycles. The molecule has 110 valence electrons. The van der Waals surface area contributed by atoms with Crippen molar-refractivity contribution in [3.8, 4) is 0 Å². The number of hydrogen-bond donors (Lipinski definition) is 1. The molecule has 0 saturated carbocycles. The smallest absolute Gasteiger partial charge is 0.149 e. The van der Waals surface area contributed by atoms with E-state index in [0.29, 0.717) is 0 Å². The van der Waals surface area contributed by atoms with Gasteiger partial charge in [-0.05, 0) is 30.5 Å². The van der Waals surface area contributed by atoms with Gasteiger partial charge >= 0.3 is 0 Å². The molecule has 0 atom stereocenters. The highest BCUT2D eigenvalue weighted by atomic mass is 15.3. The van der Waals surface area contributed by atoms with E-state index in [1.54, 1.807) is 6.21 Å². The summed E-state index contributed by atoms with van der Waals surface area (Å²) in [5.41, 5.74) is 7.94. The van der Waals surface area contributed by atoms with Crippen LogP contribution >= 0.6 is 0 Å². The molecule has 3 rings (SSSR count). The third kappa shape index (κ3) is 3.50. The Hall–Kier alpha value is -2.68. The standard InChI is InChI=1S/C19H19N3/c1-15-8-10-16(11-9-15)5-4-13-21-22-19-18-7-3-2-6-17(18)12-14-20-19/h2-11,13H,12,14H2,1H3,(H,20,22). The molecule has 2 aromatic carbocycles. The van der Waals surface area contributed by atoms with Gasteiger partial charge in [0.05, 0.1) is 0 Å². The molecule has 0 amide bonds. The second kappa shape index (κ2) is 6.85. The highest BCUT2D eigenvalue weighted by molar-refractivity contribution is 6.01. The molecule has 1 heterocycles. The zero-order valence-corrected chi connectivity index (χ0v) is 12.7. The molecule has 22 heavy (non-hydrogen) atoms. The minimum absolute atomic E-state index is 0.814. The Kier molecular flexibility index (Phi) is 4.44. The Morgan fingerprint density at radius 3 is 2.77 bits per heavy atom. The topological polar surface area (TPSA) is 36.8 Å². The zero-order valence-electron chi connectivity index (χ0n) is 12.7. The third-order valence-corrected chi connectivity index (χ3v) is 3.62. The first-order valence-corrected chi connectivity index (χ1v) is 7.48. The maximum Gasteiger partial charge on any atom is 0.149 e. The summed E-state index contributed by atoms with van der Waals surface area (Å²) in [5.74, 6) is 0.849. The van der Waals surface area contributed by atoms with E-state index in [-0.39, 0.29) is 0 Å². The third-order valence-electron chi connectivity index (χ3n) is 3.62. The maximum absolute atomic E-state index is 4.50. The van der Waals surface area contributed by atoms with Crippen molar-refractivity contribution in [2.24, 2.45) is 10.1 Å². The highest BCUT2D eigenvalue weighted by Gasteiger charge is 2.11. The Morgan fingerprint density at radius 1 is 1.09 bits per heavy atom. The lowest BCUT2D eigenvalue weighted by Crippen LogP contribution is -2.24. The molecule has 2 aromatic rings. The van der Waals surface area contributed by atoms with Crippen LogP contribution < -0.4 is 5.43 Å². The van der Waals surface area contributed by atoms with Gasteiger partial charge in [0, 0.05) is 18.3 Å². The van der Waals surface area contributed by atoms with Gasteiger partial charge in [0.1, 0.15) is 5.84 Å². The first-order valence-electron chi connectivity index (χ1n) is 7.48. The summed E-state index contributed by atoms with van der Waals surface area (Å²) in [6, 6.07) is 16.7. The molecule has 3 nitrogen and oxygen atoms in total. The van der Waals surface area contributed by atoms with Crippen LogP contribution in [0.4, 0.5) is 0 Å². The van der Waals surface area contributed by atoms with Gasteiger partial charge in [-0.2, -0.15) is 5.10 Å². The number of nitrogens with one attached hydrogen (secondary N) is 1. The van der Waals surface area contributed by atoms with E-state index in [4.69, 9.17) is 0 Å². The summed E-state index contributed by atoms with van der Waals surface area (Å²) in [4.78, 5) is 4.50. The summed E-state index contributed by atoms with van der Waals surface area (Å²) >= 11 is 0. The average Bonchev–Trinajstić information content (AvgIpc) is 2.56. The van der Waals surface area contributed by atoms with Crippen LogP contribution in [0.3, 0.4) is 0 Å². The minimum Gasteiger partial charge on any atom is -0.266 e. The van der Waals surface area contributed by atoms with Crippen molar-refractivity contribution < 1.29 is 0 Å². The van der Waals surface area contributed by atoms with Crippen LogP contribution in [-0.4, -0.2) is 18.6 Å². The minimum atomic E-state index is 0.814. The largest absolute Gasteiger partial charge is 0.266 e. The number of amidine groups is 1. The number of fused-ring (bicyclic) bond motifs is 1. The van der Waals surface area contributed by atoms with E-state index in [1.165, 1.54) is 11.1 Å². The van der Waals surface area contributed by atoms with Gasteiger partial charge in [-0.25, -0.2) is 0 Å². The first-order chi connectivity index (χ1) is 10.8. The maximum atomic E-state index is 4.50. The molecule has 0 aliphatic carbocycles. The summed E-state index contributed by atoms with van der Waals surface area (Å²) in [6.07, 6.45) is 6.70. The molecule has 0 saturated heterocycles. The fourth-order valence-electron chi connectivity index (χ4n) is 2.41. The normalized spacial score (nSPS) is 14.1. The van der Waals surface area contributed by atoms with E-state index < -0.39 is 0 Å². The monoisotopic (exact) mass is 289 g/mol. The lowest BCUT2D eigenvalue weighted by molar-refractivity contribution is 0.902. The van der Waals surface area contributed by atoms with Crippen LogP contribution in [0, 0.1) is 6.92 Å². The number of aryl methyl sites for hydroxylation is 1. The van der Waals surface area contributed by atoms with Crippen LogP contribution in [-0.2, 0) is 6.42 Å². The fraction of sp³-hybridized carbons (Fsp3) is 0.158. The number of hydrazone groups is 1. The van der Waals surface area contributed by atoms with Crippen LogP contribution in [0.2, 0.25) is 0 Å². The van der Waals surface area contributed by atoms with Crippen LogP contribution in [0.1, 0.15) is 22.3 Å². The molecule has 0 aromatic heterocycles. The Bertz CT molecular complexity index is 725. The summed E-state index contributed by atoms with van der Waals surface area (Å²) in [7, 11) is 0. The van der Waals surface area contributed by atoms with Gasteiger partial charge < -0.3 is 0 Å². The summed E-state index contributed by atoms with van der Waals surface area (Å²) in [6.45, 7) is 2.90. The van der Waals surface area contributed by atoms with Crippen molar-refractivity contribution >= 4 is 18.1 Å². The van der Waals surface area contributed by atoms with Crippen molar-refractivity contribution in [3.63, 3.8) is 0 Å². The van der Waals surface area contributed by atoms with Crippen LogP contribution in [0.25, 0.3) is 6.08 Å². The molecular formula is C19H19N3. The van der Waals surface area contributed by atoms with E-state index >= 15 is 0 Å². The molecule has 1 aliphatic rings. The second-order valence-electron chi connectivity index (χ2n) is 5.30. The van der Waals surface area contributed by atoms with E-state index in [0.717, 1.165) is 29.9 Å². The summed E-state index contributed by atoms with van der Waals surface area (Å²) < 4.78 is 0. The number of allylic oxidation sites excluding steroid dienone is 1. The molecule has 0 bridgehead atoms. The molecule has 0 fully saturated rings. The number of hydrogen-bond acceptors (Lipinski definition) is 3. The van der Waals surface area contributed by atoms with Gasteiger partial charge in [0.15, 0.2) is 0 Å². The molecule has 0 radical (unpaired) electrons. The van der Waals surface area contributed by atoms with Crippen LogP contribution in [0.5, 0.6) is 0 Å². The Labute approximate surface area is 131 Å². The lowest BCUT2D eigenvalue weighted by atomic mass is 10.0. The predicted molar refractivity (Wildman–Crippen MR) is 93.4 cm³/mol. The van der Waals surface area contributed by atoms with E-state index in [9.17, 15) is 0 Å². The average molecular weight is 289 g/mol. The molecule has 0 unspecified atom stereocenters. The predicted octanol–water partition coefficient (Wildman–Crippen LogP) is 3.59. The van der Waals surface area contributed by atoms with E-state index in [2.05, 4.69) is 64.9 Å². The van der Waals surface area contributed by atoms with Gasteiger partial charge in [0.2, 0.25) is 0 Å². The Morgan fingerprint density at radius 2 is 1.91 bits per heavy atom. The van der Waals surface area contributed by atoms with Crippen molar-refractivity contribution in [3.05, 3.63) is 76.9 Å². The van der Waals surface area contributed by atoms with Gasteiger partial charge in [0.25, 0.3) is 0 Å². The zero-order chi connectivity index (χ0) is 15.2. The quantitative estimate of drug-likeness (QED) is 0.680. The molecular weight excluding hydrogens is 270 g/mol. The number of benzene rings is 2. The number of nitrogens with zero attached hydrogens (tertiary/aromatic N) is 2. The van der Waals surface area contributed by atoms with Crippen molar-refractivity contribution in [2.45, 2.75) is 13.3 Å². The van der Waals surface area contributed by atoms with Crippen LogP contribution in [0.15, 0.2) is 64.7 Å². The SMILES string of the molecule is Cc1ccc(C=CC=NNC2=NCCc3ccccc32)cc1. The van der Waals surface area contributed by atoms with Gasteiger partial charge in [-0.3, -0.25) is 10.4 Å².